The van der Waals surface area contributed by atoms with Gasteiger partial charge in [0.15, 0.2) is 0 Å². The minimum Gasteiger partial charge on any atom is -0.331 e. The van der Waals surface area contributed by atoms with Crippen molar-refractivity contribution in [2.45, 2.75) is 18.9 Å². The molecule has 3 nitrogen and oxygen atoms in total. The fourth-order valence-electron chi connectivity index (χ4n) is 2.44. The van der Waals surface area contributed by atoms with E-state index >= 15 is 0 Å². The Morgan fingerprint density at radius 1 is 1.10 bits per heavy atom. The molecule has 0 heterocycles. The summed E-state index contributed by atoms with van der Waals surface area (Å²) in [6.07, 6.45) is 2.35. The van der Waals surface area contributed by atoms with E-state index in [0.717, 1.165) is 10.2 Å². The van der Waals surface area contributed by atoms with E-state index in [-0.39, 0.29) is 12.1 Å². The van der Waals surface area contributed by atoms with Crippen LogP contribution in [0.2, 0.25) is 0 Å². The molecule has 1 unspecified atom stereocenters. The van der Waals surface area contributed by atoms with E-state index in [2.05, 4.69) is 38.7 Å². The molecule has 1 aliphatic rings. The first-order valence-electron chi connectivity index (χ1n) is 7.10. The van der Waals surface area contributed by atoms with Crippen LogP contribution in [0.15, 0.2) is 59.1 Å². The smallest absolute Gasteiger partial charge is 0.319 e. The van der Waals surface area contributed by atoms with Crippen LogP contribution in [0.4, 0.5) is 10.5 Å². The number of hydrogen-bond acceptors (Lipinski definition) is 1. The topological polar surface area (TPSA) is 41.1 Å². The lowest BCUT2D eigenvalue weighted by Gasteiger charge is -2.19. The molecule has 0 saturated heterocycles. The van der Waals surface area contributed by atoms with Gasteiger partial charge in [-0.25, -0.2) is 4.79 Å². The number of carbonyl (C=O) groups excluding carboxylic acids is 1. The van der Waals surface area contributed by atoms with Crippen LogP contribution in [0.5, 0.6) is 0 Å². The molecule has 2 amide bonds. The van der Waals surface area contributed by atoms with Gasteiger partial charge in [-0.3, -0.25) is 0 Å². The van der Waals surface area contributed by atoms with Crippen molar-refractivity contribution in [3.8, 4) is 0 Å². The molecule has 0 spiro atoms. The molecule has 0 aliphatic heterocycles. The van der Waals surface area contributed by atoms with Crippen molar-refractivity contribution in [1.29, 1.82) is 0 Å². The molecule has 4 heteroatoms. The molecule has 3 rings (SSSR count). The van der Waals surface area contributed by atoms with Crippen molar-refractivity contribution in [3.63, 3.8) is 0 Å². The molecular formula is C17H17BrN2O. The minimum absolute atomic E-state index is 0.0957. The Labute approximate surface area is 132 Å². The number of rotatable bonds is 4. The second kappa shape index (κ2) is 6.31. The number of carbonyl (C=O) groups is 1. The quantitative estimate of drug-likeness (QED) is 0.827. The first-order valence-corrected chi connectivity index (χ1v) is 7.90. The van der Waals surface area contributed by atoms with Gasteiger partial charge in [-0.05, 0) is 42.5 Å². The maximum absolute atomic E-state index is 12.2. The summed E-state index contributed by atoms with van der Waals surface area (Å²) in [6.45, 7) is 0. The van der Waals surface area contributed by atoms with Crippen LogP contribution in [0.25, 0.3) is 0 Å². The highest BCUT2D eigenvalue weighted by molar-refractivity contribution is 9.10. The number of hydrogen-bond donors (Lipinski definition) is 2. The Bertz CT molecular complexity index is 626. The summed E-state index contributed by atoms with van der Waals surface area (Å²) in [4.78, 5) is 12.2. The van der Waals surface area contributed by atoms with Gasteiger partial charge in [-0.1, -0.05) is 52.3 Å². The zero-order valence-electron chi connectivity index (χ0n) is 11.6. The molecule has 0 aromatic heterocycles. The van der Waals surface area contributed by atoms with Gasteiger partial charge < -0.3 is 10.6 Å². The van der Waals surface area contributed by atoms with Crippen LogP contribution < -0.4 is 10.6 Å². The largest absolute Gasteiger partial charge is 0.331 e. The van der Waals surface area contributed by atoms with Crippen LogP contribution >= 0.6 is 15.9 Å². The van der Waals surface area contributed by atoms with Gasteiger partial charge in [-0.2, -0.15) is 0 Å². The number of halogens is 1. The van der Waals surface area contributed by atoms with Crippen LogP contribution in [0.3, 0.4) is 0 Å². The van der Waals surface area contributed by atoms with Crippen LogP contribution in [-0.2, 0) is 0 Å². The Morgan fingerprint density at radius 2 is 1.86 bits per heavy atom. The maximum Gasteiger partial charge on any atom is 0.319 e. The van der Waals surface area contributed by atoms with Gasteiger partial charge in [-0.15, -0.1) is 0 Å². The first-order chi connectivity index (χ1) is 10.2. The second-order valence-corrected chi connectivity index (χ2v) is 6.25. The second-order valence-electron chi connectivity index (χ2n) is 5.33. The van der Waals surface area contributed by atoms with Crippen LogP contribution in [0.1, 0.15) is 24.4 Å². The van der Waals surface area contributed by atoms with Gasteiger partial charge >= 0.3 is 6.03 Å². The normalized spacial score (nSPS) is 15.3. The zero-order chi connectivity index (χ0) is 14.7. The van der Waals surface area contributed by atoms with E-state index in [1.54, 1.807) is 0 Å². The third-order valence-corrected chi connectivity index (χ3v) is 4.11. The van der Waals surface area contributed by atoms with Crippen molar-refractivity contribution in [2.24, 2.45) is 5.92 Å². The summed E-state index contributed by atoms with van der Waals surface area (Å²) in [5.74, 6) is 0.556. The van der Waals surface area contributed by atoms with Crippen molar-refractivity contribution in [1.82, 2.24) is 5.32 Å². The molecule has 0 radical (unpaired) electrons. The molecule has 2 aromatic carbocycles. The average Bonchev–Trinajstić information content (AvgIpc) is 3.30. The molecule has 2 aromatic rings. The highest BCUT2D eigenvalue weighted by atomic mass is 79.9. The molecule has 21 heavy (non-hydrogen) atoms. The highest BCUT2D eigenvalue weighted by Crippen LogP contribution is 2.40. The first kappa shape index (κ1) is 14.1. The van der Waals surface area contributed by atoms with Crippen molar-refractivity contribution >= 4 is 27.6 Å². The van der Waals surface area contributed by atoms with Crippen LogP contribution in [-0.4, -0.2) is 6.03 Å². The van der Waals surface area contributed by atoms with E-state index < -0.39 is 0 Å². The maximum atomic E-state index is 12.2. The minimum atomic E-state index is -0.158. The number of anilines is 1. The van der Waals surface area contributed by atoms with Gasteiger partial charge in [0.25, 0.3) is 0 Å². The summed E-state index contributed by atoms with van der Waals surface area (Å²) < 4.78 is 0.946. The van der Waals surface area contributed by atoms with Crippen molar-refractivity contribution < 1.29 is 4.79 Å². The third-order valence-electron chi connectivity index (χ3n) is 3.62. The molecule has 1 saturated carbocycles. The van der Waals surface area contributed by atoms with Crippen LogP contribution in [0, 0.1) is 5.92 Å². The van der Waals surface area contributed by atoms with Crippen molar-refractivity contribution in [2.75, 3.05) is 5.32 Å². The van der Waals surface area contributed by atoms with Crippen molar-refractivity contribution in [3.05, 3.63) is 64.6 Å². The standard InChI is InChI=1S/C17H17BrN2O/c18-14-7-4-8-15(11-14)19-17(21)20-16(13-9-10-13)12-5-2-1-3-6-12/h1-8,11,13,16H,9-10H2,(H2,19,20,21). The van der Waals surface area contributed by atoms with E-state index in [1.807, 2.05) is 42.5 Å². The van der Waals surface area contributed by atoms with E-state index in [4.69, 9.17) is 0 Å². The SMILES string of the molecule is O=C(Nc1cccc(Br)c1)NC(c1ccccc1)C1CC1. The monoisotopic (exact) mass is 344 g/mol. The fraction of sp³-hybridized carbons (Fsp3) is 0.235. The summed E-state index contributed by atoms with van der Waals surface area (Å²) in [7, 11) is 0. The Balaban J connectivity index is 1.67. The molecule has 2 N–H and O–H groups in total. The lowest BCUT2D eigenvalue weighted by molar-refractivity contribution is 0.247. The van der Waals surface area contributed by atoms with Gasteiger partial charge in [0.2, 0.25) is 0 Å². The summed E-state index contributed by atoms with van der Waals surface area (Å²) in [5, 5.41) is 5.98. The number of amides is 2. The Kier molecular flexibility index (Phi) is 4.25. The molecule has 1 atom stereocenters. The zero-order valence-corrected chi connectivity index (χ0v) is 13.1. The van der Waals surface area contributed by atoms with Gasteiger partial charge in [0, 0.05) is 10.2 Å². The number of benzene rings is 2. The third kappa shape index (κ3) is 3.85. The molecule has 0 bridgehead atoms. The Morgan fingerprint density at radius 3 is 2.52 bits per heavy atom. The summed E-state index contributed by atoms with van der Waals surface area (Å²) >= 11 is 3.40. The molecular weight excluding hydrogens is 328 g/mol. The predicted molar refractivity (Wildman–Crippen MR) is 88.2 cm³/mol. The lowest BCUT2D eigenvalue weighted by atomic mass is 10.0. The van der Waals surface area contributed by atoms with E-state index in [9.17, 15) is 4.79 Å². The molecule has 1 aliphatic carbocycles. The van der Waals surface area contributed by atoms with Gasteiger partial charge in [0.1, 0.15) is 0 Å². The lowest BCUT2D eigenvalue weighted by Crippen LogP contribution is -2.33. The number of urea groups is 1. The van der Waals surface area contributed by atoms with E-state index in [1.165, 1.54) is 18.4 Å². The van der Waals surface area contributed by atoms with Gasteiger partial charge in [0.05, 0.1) is 6.04 Å². The predicted octanol–water partition coefficient (Wildman–Crippen LogP) is 4.72. The Hall–Kier alpha value is -1.81. The molecule has 1 fully saturated rings. The summed E-state index contributed by atoms with van der Waals surface area (Å²) in [5.41, 5.74) is 1.95. The molecule has 108 valence electrons. The fourth-order valence-corrected chi connectivity index (χ4v) is 2.84. The average molecular weight is 345 g/mol. The summed E-state index contributed by atoms with van der Waals surface area (Å²) in [6, 6.07) is 17.7. The highest BCUT2D eigenvalue weighted by Gasteiger charge is 2.33. The van der Waals surface area contributed by atoms with E-state index in [0.29, 0.717) is 5.92 Å². The number of nitrogens with one attached hydrogen (secondary N) is 2.